The molecule has 25 heavy (non-hydrogen) atoms. The minimum Gasteiger partial charge on any atom is -0.492 e. The quantitative estimate of drug-likeness (QED) is 0.832. The third-order valence-electron chi connectivity index (χ3n) is 4.33. The van der Waals surface area contributed by atoms with Crippen LogP contribution in [-0.2, 0) is 14.3 Å². The van der Waals surface area contributed by atoms with Gasteiger partial charge in [0.25, 0.3) is 0 Å². The largest absolute Gasteiger partial charge is 0.492 e. The Bertz CT molecular complexity index is 699. The SMILES string of the molecule is COC(=O)C(C)(C)COc1c(C)cc(C2=NNC(=O)CC2C)cc1C. The van der Waals surface area contributed by atoms with Crippen LogP contribution in [0.2, 0.25) is 0 Å². The molecule has 0 saturated carbocycles. The number of rotatable bonds is 5. The van der Waals surface area contributed by atoms with E-state index in [0.717, 1.165) is 28.2 Å². The van der Waals surface area contributed by atoms with Crippen molar-refractivity contribution in [2.24, 2.45) is 16.4 Å². The molecule has 1 atom stereocenters. The number of carbonyl (C=O) groups excluding carboxylic acids is 2. The first-order chi connectivity index (χ1) is 11.7. The zero-order valence-electron chi connectivity index (χ0n) is 15.7. The van der Waals surface area contributed by atoms with Crippen molar-refractivity contribution in [3.05, 3.63) is 28.8 Å². The molecule has 0 aromatic heterocycles. The molecule has 2 rings (SSSR count). The van der Waals surface area contributed by atoms with E-state index in [1.165, 1.54) is 7.11 Å². The lowest BCUT2D eigenvalue weighted by molar-refractivity contribution is -0.152. The van der Waals surface area contributed by atoms with Gasteiger partial charge in [0.2, 0.25) is 5.91 Å². The summed E-state index contributed by atoms with van der Waals surface area (Å²) in [5.74, 6) is 0.460. The summed E-state index contributed by atoms with van der Waals surface area (Å²) in [6, 6.07) is 4.00. The number of hydrazone groups is 1. The predicted octanol–water partition coefficient (Wildman–Crippen LogP) is 2.74. The Labute approximate surface area is 148 Å². The van der Waals surface area contributed by atoms with Crippen LogP contribution >= 0.6 is 0 Å². The Hall–Kier alpha value is -2.37. The van der Waals surface area contributed by atoms with Crippen LogP contribution in [0.15, 0.2) is 17.2 Å². The van der Waals surface area contributed by atoms with Crippen molar-refractivity contribution in [2.45, 2.75) is 41.0 Å². The molecule has 6 nitrogen and oxygen atoms in total. The molecule has 6 heteroatoms. The summed E-state index contributed by atoms with van der Waals surface area (Å²) in [6.07, 6.45) is 0.433. The van der Waals surface area contributed by atoms with Crippen LogP contribution in [-0.4, -0.2) is 31.3 Å². The normalized spacial score (nSPS) is 17.6. The Kier molecular flexibility index (Phi) is 5.50. The molecule has 0 aliphatic carbocycles. The highest BCUT2D eigenvalue weighted by Crippen LogP contribution is 2.29. The molecule has 1 heterocycles. The summed E-state index contributed by atoms with van der Waals surface area (Å²) in [5, 5.41) is 4.21. The van der Waals surface area contributed by atoms with Crippen molar-refractivity contribution in [1.82, 2.24) is 5.43 Å². The number of carbonyl (C=O) groups is 2. The van der Waals surface area contributed by atoms with Gasteiger partial charge in [0.1, 0.15) is 12.4 Å². The van der Waals surface area contributed by atoms with Crippen molar-refractivity contribution >= 4 is 17.6 Å². The van der Waals surface area contributed by atoms with Crippen LogP contribution in [0, 0.1) is 25.2 Å². The van der Waals surface area contributed by atoms with Crippen molar-refractivity contribution in [1.29, 1.82) is 0 Å². The van der Waals surface area contributed by atoms with Gasteiger partial charge in [-0.2, -0.15) is 5.10 Å². The average Bonchev–Trinajstić information content (AvgIpc) is 2.52. The lowest BCUT2D eigenvalue weighted by Gasteiger charge is -2.24. The van der Waals surface area contributed by atoms with E-state index in [2.05, 4.69) is 10.5 Å². The van der Waals surface area contributed by atoms with E-state index >= 15 is 0 Å². The van der Waals surface area contributed by atoms with Gasteiger partial charge in [-0.25, -0.2) is 5.43 Å². The third-order valence-corrected chi connectivity index (χ3v) is 4.33. The predicted molar refractivity (Wildman–Crippen MR) is 95.7 cm³/mol. The third kappa shape index (κ3) is 4.18. The molecule has 0 bridgehead atoms. The van der Waals surface area contributed by atoms with E-state index in [9.17, 15) is 9.59 Å². The molecule has 1 aliphatic rings. The maximum atomic E-state index is 11.8. The molecule has 1 aliphatic heterocycles. The Morgan fingerprint density at radius 1 is 1.32 bits per heavy atom. The van der Waals surface area contributed by atoms with E-state index in [-0.39, 0.29) is 24.4 Å². The summed E-state index contributed by atoms with van der Waals surface area (Å²) >= 11 is 0. The van der Waals surface area contributed by atoms with Crippen LogP contribution < -0.4 is 10.2 Å². The fraction of sp³-hybridized carbons (Fsp3) is 0.526. The molecule has 1 unspecified atom stereocenters. The number of benzene rings is 1. The number of amides is 1. The first-order valence-corrected chi connectivity index (χ1v) is 8.35. The van der Waals surface area contributed by atoms with Crippen molar-refractivity contribution in [3.63, 3.8) is 0 Å². The second-order valence-electron chi connectivity index (χ2n) is 7.24. The van der Waals surface area contributed by atoms with E-state index < -0.39 is 5.41 Å². The standard InChI is InChI=1S/C19H26N2O4/c1-11-9-15(22)20-21-16(11)14-7-12(2)17(13(3)8-14)25-10-19(4,5)18(23)24-6/h7-8,11H,9-10H2,1-6H3,(H,20,22). The average molecular weight is 346 g/mol. The lowest BCUT2D eigenvalue weighted by Crippen LogP contribution is -2.32. The second kappa shape index (κ2) is 7.25. The minimum absolute atomic E-state index is 0.0605. The molecule has 0 radical (unpaired) electrons. The van der Waals surface area contributed by atoms with Crippen LogP contribution in [0.4, 0.5) is 0 Å². The molecule has 0 saturated heterocycles. The van der Waals surface area contributed by atoms with Gasteiger partial charge in [0.15, 0.2) is 0 Å². The highest BCUT2D eigenvalue weighted by molar-refractivity contribution is 6.06. The number of methoxy groups -OCH3 is 1. The van der Waals surface area contributed by atoms with E-state index in [4.69, 9.17) is 9.47 Å². The smallest absolute Gasteiger partial charge is 0.314 e. The Balaban J connectivity index is 2.23. The molecule has 0 fully saturated rings. The second-order valence-corrected chi connectivity index (χ2v) is 7.24. The number of hydrogen-bond donors (Lipinski definition) is 1. The first-order valence-electron chi connectivity index (χ1n) is 8.35. The number of ether oxygens (including phenoxy) is 2. The number of esters is 1. The van der Waals surface area contributed by atoms with Gasteiger partial charge in [0, 0.05) is 12.3 Å². The van der Waals surface area contributed by atoms with Gasteiger partial charge in [-0.15, -0.1) is 0 Å². The number of hydrogen-bond acceptors (Lipinski definition) is 5. The van der Waals surface area contributed by atoms with E-state index in [1.54, 1.807) is 13.8 Å². The van der Waals surface area contributed by atoms with Gasteiger partial charge in [0.05, 0.1) is 18.2 Å². The number of nitrogens with one attached hydrogen (secondary N) is 1. The zero-order chi connectivity index (χ0) is 18.8. The van der Waals surface area contributed by atoms with Crippen LogP contribution in [0.1, 0.15) is 43.9 Å². The molecule has 0 spiro atoms. The molecule has 136 valence electrons. The van der Waals surface area contributed by atoms with Crippen molar-refractivity contribution in [3.8, 4) is 5.75 Å². The fourth-order valence-corrected chi connectivity index (χ4v) is 2.92. The van der Waals surface area contributed by atoms with E-state index in [1.807, 2.05) is 32.9 Å². The highest BCUT2D eigenvalue weighted by atomic mass is 16.5. The van der Waals surface area contributed by atoms with Gasteiger partial charge >= 0.3 is 5.97 Å². The lowest BCUT2D eigenvalue weighted by atomic mass is 9.91. The minimum atomic E-state index is -0.724. The molecule has 1 amide bonds. The topological polar surface area (TPSA) is 77.0 Å². The Morgan fingerprint density at radius 3 is 2.44 bits per heavy atom. The summed E-state index contributed by atoms with van der Waals surface area (Å²) in [5.41, 5.74) is 5.58. The van der Waals surface area contributed by atoms with Gasteiger partial charge in [-0.05, 0) is 56.5 Å². The van der Waals surface area contributed by atoms with Crippen LogP contribution in [0.3, 0.4) is 0 Å². The monoisotopic (exact) mass is 346 g/mol. The van der Waals surface area contributed by atoms with E-state index in [0.29, 0.717) is 6.42 Å². The fourth-order valence-electron chi connectivity index (χ4n) is 2.92. The highest BCUT2D eigenvalue weighted by Gasteiger charge is 2.30. The summed E-state index contributed by atoms with van der Waals surface area (Å²) in [7, 11) is 1.38. The molecule has 1 aromatic carbocycles. The molecular weight excluding hydrogens is 320 g/mol. The zero-order valence-corrected chi connectivity index (χ0v) is 15.7. The van der Waals surface area contributed by atoms with Gasteiger partial charge in [-0.3, -0.25) is 9.59 Å². The molecular formula is C19H26N2O4. The van der Waals surface area contributed by atoms with Crippen molar-refractivity contribution in [2.75, 3.05) is 13.7 Å². The van der Waals surface area contributed by atoms with Crippen LogP contribution in [0.5, 0.6) is 5.75 Å². The van der Waals surface area contributed by atoms with Gasteiger partial charge < -0.3 is 9.47 Å². The molecule has 1 aromatic rings. The van der Waals surface area contributed by atoms with Crippen LogP contribution in [0.25, 0.3) is 0 Å². The summed E-state index contributed by atoms with van der Waals surface area (Å²) in [4.78, 5) is 23.2. The maximum absolute atomic E-state index is 11.8. The van der Waals surface area contributed by atoms with Crippen molar-refractivity contribution < 1.29 is 19.1 Å². The number of aryl methyl sites for hydroxylation is 2. The Morgan fingerprint density at radius 2 is 1.92 bits per heavy atom. The number of nitrogens with zero attached hydrogens (tertiary/aromatic N) is 1. The van der Waals surface area contributed by atoms with Gasteiger partial charge in [-0.1, -0.05) is 6.92 Å². The maximum Gasteiger partial charge on any atom is 0.314 e. The summed E-state index contributed by atoms with van der Waals surface area (Å²) in [6.45, 7) is 9.73. The first kappa shape index (κ1) is 19.0. The summed E-state index contributed by atoms with van der Waals surface area (Å²) < 4.78 is 10.7. The molecule has 1 N–H and O–H groups in total.